The molecule has 2 heterocycles. The second-order valence-corrected chi connectivity index (χ2v) is 3.95. The van der Waals surface area contributed by atoms with Gasteiger partial charge in [-0.25, -0.2) is 4.98 Å². The van der Waals surface area contributed by atoms with Crippen molar-refractivity contribution in [1.29, 1.82) is 0 Å². The van der Waals surface area contributed by atoms with E-state index in [1.54, 1.807) is 6.20 Å². The number of nitrogens with zero attached hydrogens (tertiary/aromatic N) is 2. The van der Waals surface area contributed by atoms with Crippen molar-refractivity contribution in [2.75, 3.05) is 32.1 Å². The molecule has 1 aromatic heterocycles. The number of aromatic nitrogens is 1. The van der Waals surface area contributed by atoms with Crippen molar-refractivity contribution in [3.63, 3.8) is 0 Å². The van der Waals surface area contributed by atoms with Crippen LogP contribution in [-0.2, 0) is 0 Å². The summed E-state index contributed by atoms with van der Waals surface area (Å²) in [7, 11) is 3.95. The standard InChI is InChI=1S/C11H17N3O/c1-14(2)11-10(4-3-6-13-11)15-9-5-7-12-8-9/h3-4,6,9,12H,5,7-8H2,1-2H3/t9-/m1/s1. The third-order valence-electron chi connectivity index (χ3n) is 2.48. The van der Waals surface area contributed by atoms with Crippen LogP contribution < -0.4 is 15.0 Å². The Labute approximate surface area is 90.3 Å². The Morgan fingerprint density at radius 3 is 3.07 bits per heavy atom. The van der Waals surface area contributed by atoms with Crippen molar-refractivity contribution in [2.24, 2.45) is 0 Å². The Morgan fingerprint density at radius 1 is 1.53 bits per heavy atom. The molecule has 15 heavy (non-hydrogen) atoms. The van der Waals surface area contributed by atoms with Crippen molar-refractivity contribution in [1.82, 2.24) is 10.3 Å². The molecule has 0 aliphatic carbocycles. The van der Waals surface area contributed by atoms with Gasteiger partial charge >= 0.3 is 0 Å². The summed E-state index contributed by atoms with van der Waals surface area (Å²) in [6.45, 7) is 1.98. The summed E-state index contributed by atoms with van der Waals surface area (Å²) in [6.07, 6.45) is 3.14. The van der Waals surface area contributed by atoms with Gasteiger partial charge in [0.25, 0.3) is 0 Å². The molecule has 1 fully saturated rings. The maximum Gasteiger partial charge on any atom is 0.170 e. The van der Waals surface area contributed by atoms with Crippen molar-refractivity contribution in [3.05, 3.63) is 18.3 Å². The largest absolute Gasteiger partial charge is 0.485 e. The average molecular weight is 207 g/mol. The van der Waals surface area contributed by atoms with Crippen LogP contribution in [0.1, 0.15) is 6.42 Å². The number of hydrogen-bond acceptors (Lipinski definition) is 4. The van der Waals surface area contributed by atoms with Crippen molar-refractivity contribution < 1.29 is 4.74 Å². The highest BCUT2D eigenvalue weighted by Gasteiger charge is 2.18. The summed E-state index contributed by atoms with van der Waals surface area (Å²) in [4.78, 5) is 6.27. The summed E-state index contributed by atoms with van der Waals surface area (Å²) in [5, 5.41) is 3.28. The van der Waals surface area contributed by atoms with E-state index >= 15 is 0 Å². The van der Waals surface area contributed by atoms with Gasteiger partial charge in [0.2, 0.25) is 0 Å². The van der Waals surface area contributed by atoms with Crippen LogP contribution in [0, 0.1) is 0 Å². The molecule has 4 nitrogen and oxygen atoms in total. The molecule has 1 N–H and O–H groups in total. The fourth-order valence-electron chi connectivity index (χ4n) is 1.72. The molecule has 0 bridgehead atoms. The maximum absolute atomic E-state index is 5.90. The Morgan fingerprint density at radius 2 is 2.40 bits per heavy atom. The summed E-state index contributed by atoms with van der Waals surface area (Å²) < 4.78 is 5.90. The molecule has 0 unspecified atom stereocenters. The van der Waals surface area contributed by atoms with Crippen molar-refractivity contribution >= 4 is 5.82 Å². The van der Waals surface area contributed by atoms with Crippen LogP contribution in [0.3, 0.4) is 0 Å². The van der Waals surface area contributed by atoms with Crippen LogP contribution in [0.15, 0.2) is 18.3 Å². The molecule has 1 aliphatic rings. The first-order valence-electron chi connectivity index (χ1n) is 5.27. The third kappa shape index (κ3) is 2.39. The minimum atomic E-state index is 0.285. The normalized spacial score (nSPS) is 20.3. The molecule has 1 aliphatic heterocycles. The minimum absolute atomic E-state index is 0.285. The Bertz CT molecular complexity index is 321. The van der Waals surface area contributed by atoms with E-state index in [-0.39, 0.29) is 6.10 Å². The average Bonchev–Trinajstić information content (AvgIpc) is 2.71. The molecule has 4 heteroatoms. The number of ether oxygens (including phenoxy) is 1. The highest BCUT2D eigenvalue weighted by molar-refractivity contribution is 5.50. The maximum atomic E-state index is 5.90. The molecule has 1 aromatic rings. The van der Waals surface area contributed by atoms with Gasteiger partial charge < -0.3 is 15.0 Å². The zero-order valence-electron chi connectivity index (χ0n) is 9.23. The Hall–Kier alpha value is -1.29. The molecule has 1 atom stereocenters. The lowest BCUT2D eigenvalue weighted by Crippen LogP contribution is -2.21. The topological polar surface area (TPSA) is 37.4 Å². The SMILES string of the molecule is CN(C)c1ncccc1O[C@@H]1CCNC1. The summed E-state index contributed by atoms with van der Waals surface area (Å²) in [5.41, 5.74) is 0. The summed E-state index contributed by atoms with van der Waals surface area (Å²) in [5.74, 6) is 1.76. The van der Waals surface area contributed by atoms with Gasteiger partial charge in [-0.05, 0) is 25.1 Å². The van der Waals surface area contributed by atoms with E-state index in [9.17, 15) is 0 Å². The first-order valence-corrected chi connectivity index (χ1v) is 5.27. The van der Waals surface area contributed by atoms with Crippen LogP contribution in [0.25, 0.3) is 0 Å². The zero-order chi connectivity index (χ0) is 10.7. The van der Waals surface area contributed by atoms with Crippen LogP contribution in [0.4, 0.5) is 5.82 Å². The molecule has 0 saturated carbocycles. The van der Waals surface area contributed by atoms with Gasteiger partial charge in [0.1, 0.15) is 6.10 Å². The summed E-state index contributed by atoms with van der Waals surface area (Å²) in [6, 6.07) is 3.88. The molecular formula is C11H17N3O. The fraction of sp³-hybridized carbons (Fsp3) is 0.545. The van der Waals surface area contributed by atoms with E-state index in [0.717, 1.165) is 31.1 Å². The van der Waals surface area contributed by atoms with Gasteiger partial charge in [0, 0.05) is 26.8 Å². The van der Waals surface area contributed by atoms with E-state index in [2.05, 4.69) is 10.3 Å². The lowest BCUT2D eigenvalue weighted by atomic mass is 10.3. The highest BCUT2D eigenvalue weighted by Crippen LogP contribution is 2.25. The van der Waals surface area contributed by atoms with Crippen LogP contribution in [0.5, 0.6) is 5.75 Å². The molecule has 0 aromatic carbocycles. The van der Waals surface area contributed by atoms with Gasteiger partial charge in [0.05, 0.1) is 0 Å². The predicted octanol–water partition coefficient (Wildman–Crippen LogP) is 0.888. The second-order valence-electron chi connectivity index (χ2n) is 3.95. The number of rotatable bonds is 3. The van der Waals surface area contributed by atoms with Crippen molar-refractivity contribution in [2.45, 2.75) is 12.5 Å². The van der Waals surface area contributed by atoms with Gasteiger partial charge in [-0.3, -0.25) is 0 Å². The van der Waals surface area contributed by atoms with Gasteiger partial charge in [0.15, 0.2) is 11.6 Å². The number of pyridine rings is 1. The lowest BCUT2D eigenvalue weighted by molar-refractivity contribution is 0.223. The Kier molecular flexibility index (Phi) is 3.06. The lowest BCUT2D eigenvalue weighted by Gasteiger charge is -2.18. The van der Waals surface area contributed by atoms with E-state index in [1.807, 2.05) is 31.1 Å². The number of nitrogens with one attached hydrogen (secondary N) is 1. The molecule has 0 amide bonds. The molecule has 0 radical (unpaired) electrons. The quantitative estimate of drug-likeness (QED) is 0.798. The van der Waals surface area contributed by atoms with E-state index in [1.165, 1.54) is 0 Å². The van der Waals surface area contributed by atoms with Gasteiger partial charge in [-0.1, -0.05) is 0 Å². The molecule has 1 saturated heterocycles. The van der Waals surface area contributed by atoms with E-state index in [4.69, 9.17) is 4.74 Å². The number of hydrogen-bond donors (Lipinski definition) is 1. The Balaban J connectivity index is 2.12. The van der Waals surface area contributed by atoms with Crippen LogP contribution in [0.2, 0.25) is 0 Å². The highest BCUT2D eigenvalue weighted by atomic mass is 16.5. The van der Waals surface area contributed by atoms with Crippen molar-refractivity contribution in [3.8, 4) is 5.75 Å². The second kappa shape index (κ2) is 4.49. The zero-order valence-corrected chi connectivity index (χ0v) is 9.23. The summed E-state index contributed by atoms with van der Waals surface area (Å²) >= 11 is 0. The van der Waals surface area contributed by atoms with E-state index in [0.29, 0.717) is 0 Å². The van der Waals surface area contributed by atoms with Crippen LogP contribution in [-0.4, -0.2) is 38.3 Å². The molecular weight excluding hydrogens is 190 g/mol. The molecule has 0 spiro atoms. The number of anilines is 1. The molecule has 2 rings (SSSR count). The molecule has 82 valence electrons. The first kappa shape index (κ1) is 10.2. The minimum Gasteiger partial charge on any atom is -0.485 e. The van der Waals surface area contributed by atoms with Gasteiger partial charge in [-0.15, -0.1) is 0 Å². The van der Waals surface area contributed by atoms with Gasteiger partial charge in [-0.2, -0.15) is 0 Å². The monoisotopic (exact) mass is 207 g/mol. The van der Waals surface area contributed by atoms with E-state index < -0.39 is 0 Å². The van der Waals surface area contributed by atoms with Crippen LogP contribution >= 0.6 is 0 Å². The third-order valence-corrected chi connectivity index (χ3v) is 2.48. The predicted molar refractivity (Wildman–Crippen MR) is 60.5 cm³/mol. The smallest absolute Gasteiger partial charge is 0.170 e. The fourth-order valence-corrected chi connectivity index (χ4v) is 1.72. The first-order chi connectivity index (χ1) is 7.27.